The number of rotatable bonds is 4. The Bertz CT molecular complexity index is 983. The van der Waals surface area contributed by atoms with E-state index in [0.29, 0.717) is 30.8 Å². The Kier molecular flexibility index (Phi) is 4.30. The number of hydrogen-bond donors (Lipinski definition) is 1. The van der Waals surface area contributed by atoms with E-state index >= 15 is 4.39 Å². The number of piperazine rings is 1. The summed E-state index contributed by atoms with van der Waals surface area (Å²) in [5.41, 5.74) is -0.0894. The second-order valence-electron chi connectivity index (χ2n) is 7.28. The van der Waals surface area contributed by atoms with Crippen molar-refractivity contribution in [1.29, 1.82) is 0 Å². The lowest BCUT2D eigenvalue weighted by atomic mass is 10.1. The average Bonchev–Trinajstić information content (AvgIpc) is 3.46. The topological polar surface area (TPSA) is 86.5 Å². The highest BCUT2D eigenvalue weighted by molar-refractivity contribution is 5.96. The summed E-state index contributed by atoms with van der Waals surface area (Å²) in [6.07, 6.45) is 3.14. The second kappa shape index (κ2) is 6.53. The monoisotopic (exact) mass is 376 g/mol. The summed E-state index contributed by atoms with van der Waals surface area (Å²) in [5.74, 6) is -1.52. The maximum Gasteiger partial charge on any atom is 0.554 e. The first kappa shape index (κ1) is 17.8. The zero-order chi connectivity index (χ0) is 19.3. The van der Waals surface area contributed by atoms with Crippen molar-refractivity contribution >= 4 is 22.6 Å². The van der Waals surface area contributed by atoms with Crippen molar-refractivity contribution in [3.63, 3.8) is 0 Å². The highest BCUT2D eigenvalue weighted by Crippen LogP contribution is 2.42. The molecule has 1 saturated heterocycles. The van der Waals surface area contributed by atoms with Crippen LogP contribution in [-0.2, 0) is 0 Å². The minimum atomic E-state index is -1.03. The predicted molar refractivity (Wildman–Crippen MR) is 101 cm³/mol. The molecule has 2 heterocycles. The molecule has 7 nitrogen and oxygen atoms in total. The van der Waals surface area contributed by atoms with Gasteiger partial charge in [0, 0.05) is 42.7 Å². The molecule has 0 amide bonds. The van der Waals surface area contributed by atoms with Crippen LogP contribution in [0.2, 0.25) is 0 Å². The number of hydrogen-bond acceptors (Lipinski definition) is 5. The fourth-order valence-electron chi connectivity index (χ4n) is 3.82. The van der Waals surface area contributed by atoms with E-state index in [1.807, 2.05) is 11.8 Å². The first-order valence-electron chi connectivity index (χ1n) is 9.12. The summed E-state index contributed by atoms with van der Waals surface area (Å²) in [4.78, 5) is 26.4. The van der Waals surface area contributed by atoms with Crippen LogP contribution in [0.25, 0.3) is 10.9 Å². The zero-order valence-corrected chi connectivity index (χ0v) is 15.3. The number of carbonyl (C=O) groups is 1. The molecule has 1 aliphatic carbocycles. The van der Waals surface area contributed by atoms with Gasteiger partial charge in [-0.15, -0.1) is 0 Å². The van der Waals surface area contributed by atoms with Gasteiger partial charge in [0.1, 0.15) is 0 Å². The van der Waals surface area contributed by atoms with Gasteiger partial charge in [0.05, 0.1) is 23.7 Å². The zero-order valence-electron chi connectivity index (χ0n) is 15.3. The van der Waals surface area contributed by atoms with E-state index in [4.69, 9.17) is 9.84 Å². The third kappa shape index (κ3) is 2.93. The summed E-state index contributed by atoms with van der Waals surface area (Å²) >= 11 is 0. The number of fused-ring (bicyclic) bond motifs is 1. The summed E-state index contributed by atoms with van der Waals surface area (Å²) in [6.45, 7) is 3.92. The lowest BCUT2D eigenvalue weighted by molar-refractivity contribution is 0.0695. The molecule has 2 aliphatic rings. The van der Waals surface area contributed by atoms with Crippen molar-refractivity contribution in [3.8, 4) is 5.75 Å². The first-order valence-corrected chi connectivity index (χ1v) is 9.12. The van der Waals surface area contributed by atoms with E-state index in [9.17, 15) is 9.59 Å². The van der Waals surface area contributed by atoms with Crippen molar-refractivity contribution in [2.45, 2.75) is 31.8 Å². The molecule has 8 heteroatoms. The van der Waals surface area contributed by atoms with Crippen LogP contribution in [0.5, 0.6) is 5.75 Å². The number of ether oxygens (including phenoxy) is 1. The summed E-state index contributed by atoms with van der Waals surface area (Å²) in [6, 6.07) is 1.78. The van der Waals surface area contributed by atoms with Crippen LogP contribution in [0, 0.1) is 5.82 Å². The van der Waals surface area contributed by atoms with E-state index in [-0.39, 0.29) is 28.8 Å². The Morgan fingerprint density at radius 1 is 1.41 bits per heavy atom. The van der Waals surface area contributed by atoms with Gasteiger partial charge in [0.25, 0.3) is 0 Å². The number of nitrogens with one attached hydrogen (secondary N) is 1. The van der Waals surface area contributed by atoms with Crippen molar-refractivity contribution in [2.75, 3.05) is 31.6 Å². The fourth-order valence-corrected chi connectivity index (χ4v) is 3.82. The van der Waals surface area contributed by atoms with Crippen LogP contribution in [0.4, 0.5) is 10.1 Å². The van der Waals surface area contributed by atoms with E-state index in [1.165, 1.54) is 19.4 Å². The lowest BCUT2D eigenvalue weighted by Crippen LogP contribution is -2.49. The standard InChI is InChI=1S/C19H22FN3O4/c1-10-8-22(6-5-21-10)14-7-12-16(18(27-2)15(14)20)23(11-3-4-11)9-13(17(12)24)19(25)26/h7,9-11,21H,3-6,8H2,1-2H3,(H,25,26)/p+1. The van der Waals surface area contributed by atoms with Gasteiger partial charge in [-0.05, 0) is 25.8 Å². The molecule has 0 radical (unpaired) electrons. The van der Waals surface area contributed by atoms with Crippen LogP contribution < -0.4 is 20.4 Å². The third-order valence-corrected chi connectivity index (χ3v) is 5.29. The van der Waals surface area contributed by atoms with E-state index in [2.05, 4.69) is 5.32 Å². The van der Waals surface area contributed by atoms with Gasteiger partial charge in [0.15, 0.2) is 17.1 Å². The van der Waals surface area contributed by atoms with E-state index in [1.54, 1.807) is 4.57 Å². The molecule has 1 atom stereocenters. The molecule has 1 unspecified atom stereocenters. The molecule has 0 spiro atoms. The van der Waals surface area contributed by atoms with Gasteiger partial charge in [-0.2, -0.15) is 0 Å². The number of methoxy groups -OCH3 is 1. The second-order valence-corrected chi connectivity index (χ2v) is 7.28. The van der Waals surface area contributed by atoms with Crippen molar-refractivity contribution in [3.05, 3.63) is 33.9 Å². The van der Waals surface area contributed by atoms with Crippen molar-refractivity contribution in [1.82, 2.24) is 9.88 Å². The minimum Gasteiger partial charge on any atom is -0.561 e. The van der Waals surface area contributed by atoms with Crippen LogP contribution in [0.15, 0.2) is 17.1 Å². The lowest BCUT2D eigenvalue weighted by Gasteiger charge is -2.34. The first-order chi connectivity index (χ1) is 12.9. The minimum absolute atomic E-state index is 0.0154. The quantitative estimate of drug-likeness (QED) is 0.809. The summed E-state index contributed by atoms with van der Waals surface area (Å²) in [5, 5.41) is 11.0. The Balaban J connectivity index is 2.02. The summed E-state index contributed by atoms with van der Waals surface area (Å²) in [7, 11) is 1.38. The molecular formula is C19H23FN3O4+. The molecule has 4 rings (SSSR count). The average molecular weight is 376 g/mol. The summed E-state index contributed by atoms with van der Waals surface area (Å²) < 4.78 is 22.5. The SMILES string of the molecule is COc1c(F)c(N2CCNC(C)C2)cc2c(=O)c(C(=O)[OH2+])cn(C3CC3)c12. The Morgan fingerprint density at radius 3 is 2.74 bits per heavy atom. The van der Waals surface area contributed by atoms with Crippen LogP contribution >= 0.6 is 0 Å². The number of halogens is 1. The highest BCUT2D eigenvalue weighted by Gasteiger charge is 2.32. The van der Waals surface area contributed by atoms with Crippen LogP contribution in [0.3, 0.4) is 0 Å². The normalized spacial score (nSPS) is 20.1. The number of nitrogens with zero attached hydrogens (tertiary/aromatic N) is 2. The largest absolute Gasteiger partial charge is 0.561 e. The Hall–Kier alpha value is -2.61. The van der Waals surface area contributed by atoms with Gasteiger partial charge in [-0.1, -0.05) is 0 Å². The van der Waals surface area contributed by atoms with Gasteiger partial charge in [-0.3, -0.25) is 4.79 Å². The van der Waals surface area contributed by atoms with Crippen molar-refractivity contribution < 1.29 is 19.0 Å². The smallest absolute Gasteiger partial charge is 0.554 e. The number of aromatic nitrogens is 1. The molecule has 0 bridgehead atoms. The van der Waals surface area contributed by atoms with Gasteiger partial charge in [-0.25, -0.2) is 4.39 Å². The molecule has 27 heavy (non-hydrogen) atoms. The molecule has 144 valence electrons. The fraction of sp³-hybridized carbons (Fsp3) is 0.474. The molecular weight excluding hydrogens is 353 g/mol. The third-order valence-electron chi connectivity index (χ3n) is 5.29. The van der Waals surface area contributed by atoms with Gasteiger partial charge >= 0.3 is 5.97 Å². The number of carbonyl (C=O) groups excluding carboxylic acids is 1. The van der Waals surface area contributed by atoms with Crippen LogP contribution in [0.1, 0.15) is 36.2 Å². The molecule has 1 saturated carbocycles. The Labute approximate surface area is 155 Å². The van der Waals surface area contributed by atoms with Crippen LogP contribution in [-0.4, -0.2) is 48.4 Å². The van der Waals surface area contributed by atoms with Crippen molar-refractivity contribution in [2.24, 2.45) is 0 Å². The maximum absolute atomic E-state index is 15.4. The van der Waals surface area contributed by atoms with E-state index < -0.39 is 17.2 Å². The molecule has 1 aliphatic heterocycles. The number of pyridine rings is 1. The predicted octanol–water partition coefficient (Wildman–Crippen LogP) is 1.15. The molecule has 1 aromatic heterocycles. The molecule has 2 aromatic rings. The number of anilines is 1. The molecule has 2 fully saturated rings. The Morgan fingerprint density at radius 2 is 2.15 bits per heavy atom. The molecule has 1 aromatic carbocycles. The highest BCUT2D eigenvalue weighted by atomic mass is 19.1. The van der Waals surface area contributed by atoms with E-state index in [0.717, 1.165) is 12.8 Å². The van der Waals surface area contributed by atoms with Gasteiger partial charge < -0.3 is 24.6 Å². The molecule has 3 N–H and O–H groups in total. The number of benzene rings is 1. The van der Waals surface area contributed by atoms with Gasteiger partial charge in [0.2, 0.25) is 5.43 Å². The maximum atomic E-state index is 15.4.